The number of phosphoric acid groups is 1. The molecule has 8 nitrogen and oxygen atoms in total. The molecule has 0 aliphatic carbocycles. The highest BCUT2D eigenvalue weighted by molar-refractivity contribution is 7.45. The molecule has 338 valence electrons. The summed E-state index contributed by atoms with van der Waals surface area (Å²) in [6.07, 6.45) is 47.7. The maximum absolute atomic E-state index is 12.7. The molecule has 0 spiro atoms. The Morgan fingerprint density at radius 1 is 0.544 bits per heavy atom. The Kier molecular flexibility index (Phi) is 41.0. The standard InChI is InChI=1S/C48H94NO7P/c1-6-8-10-12-14-16-18-20-22-23-24-25-26-27-28-30-32-34-36-38-40-43-53-45-47(46-55-57(51,52)54-44-42-49(3,4)5)56-48(50)41-39-37-35-33-31-29-21-19-17-15-13-11-9-7-2/h13,15,19,21,47H,6-12,14,16-18,20,22-46H2,1-5H3/b15-13-,21-19-. The van der Waals surface area contributed by atoms with Crippen LogP contribution in [-0.4, -0.2) is 70.7 Å². The number of carbonyl (C=O) groups excluding carboxylic acids is 1. The molecule has 2 atom stereocenters. The van der Waals surface area contributed by atoms with Gasteiger partial charge < -0.3 is 27.9 Å². The molecule has 0 aliphatic heterocycles. The van der Waals surface area contributed by atoms with Crippen molar-refractivity contribution >= 4 is 13.8 Å². The predicted octanol–water partition coefficient (Wildman–Crippen LogP) is 13.8. The van der Waals surface area contributed by atoms with Gasteiger partial charge in [-0.3, -0.25) is 9.36 Å². The number of hydrogen-bond acceptors (Lipinski definition) is 7. The Hall–Kier alpha value is -1.02. The second-order valence-electron chi connectivity index (χ2n) is 17.5. The van der Waals surface area contributed by atoms with Crippen LogP contribution in [0.3, 0.4) is 0 Å². The van der Waals surface area contributed by atoms with Gasteiger partial charge in [0.05, 0.1) is 34.4 Å². The van der Waals surface area contributed by atoms with Crippen molar-refractivity contribution in [2.45, 2.75) is 225 Å². The fourth-order valence-electron chi connectivity index (χ4n) is 6.74. The van der Waals surface area contributed by atoms with Crippen LogP contribution in [-0.2, 0) is 27.9 Å². The quantitative estimate of drug-likeness (QED) is 0.0198. The summed E-state index contributed by atoms with van der Waals surface area (Å²) in [5.74, 6) is -0.345. The van der Waals surface area contributed by atoms with E-state index in [1.54, 1.807) is 0 Å². The van der Waals surface area contributed by atoms with E-state index >= 15 is 0 Å². The van der Waals surface area contributed by atoms with Gasteiger partial charge in [0.1, 0.15) is 19.3 Å². The molecule has 0 rings (SSSR count). The molecule has 0 radical (unpaired) electrons. The number of ether oxygens (including phenoxy) is 2. The number of quaternary nitrogens is 1. The zero-order valence-corrected chi connectivity index (χ0v) is 39.2. The fraction of sp³-hybridized carbons (Fsp3) is 0.896. The maximum Gasteiger partial charge on any atom is 0.306 e. The Balaban J connectivity index is 4.12. The molecule has 0 aromatic carbocycles. The van der Waals surface area contributed by atoms with Crippen LogP contribution in [0.5, 0.6) is 0 Å². The number of rotatable bonds is 45. The van der Waals surface area contributed by atoms with Crippen molar-refractivity contribution in [2.24, 2.45) is 0 Å². The molecule has 2 unspecified atom stereocenters. The second kappa shape index (κ2) is 41.7. The van der Waals surface area contributed by atoms with E-state index in [0.717, 1.165) is 57.8 Å². The zero-order chi connectivity index (χ0) is 42.0. The van der Waals surface area contributed by atoms with E-state index in [2.05, 4.69) is 38.2 Å². The van der Waals surface area contributed by atoms with Crippen LogP contribution in [0.25, 0.3) is 0 Å². The highest BCUT2D eigenvalue weighted by atomic mass is 31.2. The van der Waals surface area contributed by atoms with E-state index < -0.39 is 13.9 Å². The van der Waals surface area contributed by atoms with Gasteiger partial charge in [-0.1, -0.05) is 199 Å². The first-order valence-corrected chi connectivity index (χ1v) is 25.5. The number of carbonyl (C=O) groups is 1. The Morgan fingerprint density at radius 3 is 1.47 bits per heavy atom. The number of phosphoric ester groups is 1. The minimum atomic E-state index is -4.53. The third-order valence-corrected chi connectivity index (χ3v) is 11.5. The van der Waals surface area contributed by atoms with Crippen molar-refractivity contribution in [2.75, 3.05) is 54.1 Å². The van der Waals surface area contributed by atoms with Gasteiger partial charge in [0.15, 0.2) is 0 Å². The molecule has 0 aromatic rings. The van der Waals surface area contributed by atoms with Crippen molar-refractivity contribution in [3.8, 4) is 0 Å². The second-order valence-corrected chi connectivity index (χ2v) is 18.9. The van der Waals surface area contributed by atoms with Gasteiger partial charge in [-0.05, 0) is 38.5 Å². The molecule has 0 N–H and O–H groups in total. The lowest BCUT2D eigenvalue weighted by molar-refractivity contribution is -0.870. The van der Waals surface area contributed by atoms with Crippen molar-refractivity contribution in [1.82, 2.24) is 0 Å². The Labute approximate surface area is 353 Å². The summed E-state index contributed by atoms with van der Waals surface area (Å²) < 4.78 is 34.6. The minimum Gasteiger partial charge on any atom is -0.756 e. The number of esters is 1. The first-order valence-electron chi connectivity index (χ1n) is 24.1. The summed E-state index contributed by atoms with van der Waals surface area (Å²) >= 11 is 0. The smallest absolute Gasteiger partial charge is 0.306 e. The van der Waals surface area contributed by atoms with Crippen LogP contribution < -0.4 is 4.89 Å². The first-order chi connectivity index (χ1) is 27.6. The molecule has 0 fully saturated rings. The van der Waals surface area contributed by atoms with Gasteiger partial charge in [-0.25, -0.2) is 0 Å². The third-order valence-electron chi connectivity index (χ3n) is 10.5. The van der Waals surface area contributed by atoms with Crippen LogP contribution in [0.2, 0.25) is 0 Å². The molecule has 57 heavy (non-hydrogen) atoms. The lowest BCUT2D eigenvalue weighted by Gasteiger charge is -2.28. The van der Waals surface area contributed by atoms with Crippen molar-refractivity contribution in [3.05, 3.63) is 24.3 Å². The summed E-state index contributed by atoms with van der Waals surface area (Å²) in [6, 6.07) is 0. The molecule has 0 saturated carbocycles. The molecule has 9 heteroatoms. The van der Waals surface area contributed by atoms with Crippen LogP contribution in [0.15, 0.2) is 24.3 Å². The van der Waals surface area contributed by atoms with E-state index in [0.29, 0.717) is 24.1 Å². The zero-order valence-electron chi connectivity index (χ0n) is 38.3. The average Bonchev–Trinajstić information content (AvgIpc) is 3.16. The van der Waals surface area contributed by atoms with Gasteiger partial charge in [-0.2, -0.15) is 0 Å². The Morgan fingerprint density at radius 2 is 0.982 bits per heavy atom. The van der Waals surface area contributed by atoms with Crippen LogP contribution in [0.4, 0.5) is 0 Å². The van der Waals surface area contributed by atoms with Gasteiger partial charge in [0.25, 0.3) is 7.82 Å². The van der Waals surface area contributed by atoms with Crippen LogP contribution in [0, 0.1) is 0 Å². The largest absolute Gasteiger partial charge is 0.756 e. The van der Waals surface area contributed by atoms with Gasteiger partial charge in [-0.15, -0.1) is 0 Å². The molecular formula is C48H94NO7P. The number of allylic oxidation sites excluding steroid dienone is 4. The minimum absolute atomic E-state index is 0.0253. The molecule has 0 aromatic heterocycles. The normalized spacial score (nSPS) is 13.9. The molecule has 0 saturated heterocycles. The van der Waals surface area contributed by atoms with Gasteiger partial charge in [0.2, 0.25) is 0 Å². The van der Waals surface area contributed by atoms with Gasteiger partial charge >= 0.3 is 5.97 Å². The number of unbranched alkanes of at least 4 members (excludes halogenated alkanes) is 27. The van der Waals surface area contributed by atoms with E-state index in [9.17, 15) is 14.3 Å². The average molecular weight is 828 g/mol. The number of nitrogens with zero attached hydrogens (tertiary/aromatic N) is 1. The highest BCUT2D eigenvalue weighted by Gasteiger charge is 2.20. The lowest BCUT2D eigenvalue weighted by atomic mass is 10.0. The topological polar surface area (TPSA) is 94.1 Å². The monoisotopic (exact) mass is 828 g/mol. The summed E-state index contributed by atoms with van der Waals surface area (Å²) in [7, 11) is 1.36. The summed E-state index contributed by atoms with van der Waals surface area (Å²) in [5.41, 5.74) is 0. The summed E-state index contributed by atoms with van der Waals surface area (Å²) in [5, 5.41) is 0. The predicted molar refractivity (Wildman–Crippen MR) is 240 cm³/mol. The van der Waals surface area contributed by atoms with Crippen molar-refractivity contribution in [3.63, 3.8) is 0 Å². The first kappa shape index (κ1) is 56.0. The van der Waals surface area contributed by atoms with E-state index in [-0.39, 0.29) is 25.8 Å². The SMILES string of the molecule is CCCC/C=C\C/C=C\CCCCCCCC(=O)OC(COCCCCCCCCCCCCCCCCCCCCCCC)COP(=O)([O-])OCC[N+](C)(C)C. The van der Waals surface area contributed by atoms with Crippen LogP contribution in [0.1, 0.15) is 219 Å². The van der Waals surface area contributed by atoms with Crippen molar-refractivity contribution in [1.29, 1.82) is 0 Å². The molecule has 0 amide bonds. The van der Waals surface area contributed by atoms with Gasteiger partial charge in [0, 0.05) is 13.0 Å². The molecule has 0 bridgehead atoms. The molecule has 0 heterocycles. The number of hydrogen-bond donors (Lipinski definition) is 0. The van der Waals surface area contributed by atoms with E-state index in [4.69, 9.17) is 18.5 Å². The van der Waals surface area contributed by atoms with Crippen molar-refractivity contribution < 1.29 is 37.3 Å². The maximum atomic E-state index is 12.7. The highest BCUT2D eigenvalue weighted by Crippen LogP contribution is 2.38. The van der Waals surface area contributed by atoms with E-state index in [1.807, 2.05) is 21.1 Å². The fourth-order valence-corrected chi connectivity index (χ4v) is 7.47. The summed E-state index contributed by atoms with van der Waals surface area (Å²) in [4.78, 5) is 25.1. The molecular weight excluding hydrogens is 734 g/mol. The molecule has 0 aliphatic rings. The third kappa shape index (κ3) is 45.9. The Bertz CT molecular complexity index is 967. The van der Waals surface area contributed by atoms with Crippen LogP contribution >= 0.6 is 7.82 Å². The van der Waals surface area contributed by atoms with E-state index in [1.165, 1.54) is 141 Å². The lowest BCUT2D eigenvalue weighted by Crippen LogP contribution is -2.37. The number of likely N-dealkylation sites (N-methyl/N-ethyl adjacent to an activating group) is 1. The summed E-state index contributed by atoms with van der Waals surface area (Å²) in [6.45, 7) is 5.39.